The first-order valence-corrected chi connectivity index (χ1v) is 10.2. The lowest BCUT2D eigenvalue weighted by Crippen LogP contribution is -2.40. The van der Waals surface area contributed by atoms with Crippen LogP contribution in [0.1, 0.15) is 30.1 Å². The summed E-state index contributed by atoms with van der Waals surface area (Å²) in [4.78, 5) is 15.8. The van der Waals surface area contributed by atoms with Crippen molar-refractivity contribution in [3.8, 4) is 5.75 Å². The molecule has 1 saturated heterocycles. The molecule has 3 atom stereocenters. The zero-order valence-corrected chi connectivity index (χ0v) is 17.1. The third-order valence-electron chi connectivity index (χ3n) is 6.74. The highest BCUT2D eigenvalue weighted by atomic mass is 16.5. The molecule has 2 aliphatic rings. The molecule has 0 spiro atoms. The molecule has 1 aromatic heterocycles. The Morgan fingerprint density at radius 3 is 2.66 bits per heavy atom. The summed E-state index contributed by atoms with van der Waals surface area (Å²) in [5, 5.41) is 1.22. The average molecular weight is 390 g/mol. The van der Waals surface area contributed by atoms with Crippen molar-refractivity contribution < 1.29 is 14.3 Å². The van der Waals surface area contributed by atoms with E-state index in [-0.39, 0.29) is 17.9 Å². The monoisotopic (exact) mass is 390 g/mol. The molecule has 0 bridgehead atoms. The van der Waals surface area contributed by atoms with E-state index >= 15 is 0 Å². The first-order valence-electron chi connectivity index (χ1n) is 10.2. The van der Waals surface area contributed by atoms with Crippen molar-refractivity contribution in [2.75, 3.05) is 27.3 Å². The first kappa shape index (κ1) is 18.3. The minimum atomic E-state index is -0.626. The Balaban J connectivity index is 1.67. The quantitative estimate of drug-likeness (QED) is 0.632. The van der Waals surface area contributed by atoms with Gasteiger partial charge in [-0.2, -0.15) is 0 Å². The van der Waals surface area contributed by atoms with E-state index in [4.69, 9.17) is 9.47 Å². The van der Waals surface area contributed by atoms with Gasteiger partial charge >= 0.3 is 5.97 Å². The van der Waals surface area contributed by atoms with Crippen molar-refractivity contribution >= 4 is 16.9 Å². The summed E-state index contributed by atoms with van der Waals surface area (Å²) in [5.74, 6) is 0.787. The minimum absolute atomic E-state index is 0.000974. The summed E-state index contributed by atoms with van der Waals surface area (Å²) in [7, 11) is 3.79. The number of carbonyl (C=O) groups excluding carboxylic acids is 1. The van der Waals surface area contributed by atoms with Crippen LogP contribution in [0, 0.1) is 5.41 Å². The number of likely N-dealkylation sites (N-methyl/N-ethyl adjacent to an activating group) is 1. The van der Waals surface area contributed by atoms with Gasteiger partial charge in [0.2, 0.25) is 0 Å². The standard InChI is InChI=1S/C24H26N2O3/c1-4-29-23(27)24-15-26-20-8-6-5-7-17(20)13-21(26)22(24)25(2)14-19(24)16-9-11-18(28-3)12-10-16/h5-13,19,22H,4,14-15H2,1-3H3/t19-,22+,24?/m1/s1. The number of ether oxygens (including phenoxy) is 2. The zero-order chi connectivity index (χ0) is 20.2. The van der Waals surface area contributed by atoms with E-state index in [1.165, 1.54) is 16.6 Å². The summed E-state index contributed by atoms with van der Waals surface area (Å²) in [5.41, 5.74) is 2.92. The second-order valence-electron chi connectivity index (χ2n) is 8.14. The summed E-state index contributed by atoms with van der Waals surface area (Å²) in [6.07, 6.45) is 0. The molecule has 3 aromatic rings. The number of carbonyl (C=O) groups is 1. The van der Waals surface area contributed by atoms with Gasteiger partial charge in [-0.3, -0.25) is 9.69 Å². The van der Waals surface area contributed by atoms with Crippen LogP contribution in [-0.2, 0) is 16.1 Å². The zero-order valence-electron chi connectivity index (χ0n) is 17.1. The van der Waals surface area contributed by atoms with Gasteiger partial charge in [0.25, 0.3) is 0 Å². The van der Waals surface area contributed by atoms with Crippen molar-refractivity contribution in [1.82, 2.24) is 9.47 Å². The van der Waals surface area contributed by atoms with Gasteiger partial charge in [-0.05, 0) is 49.2 Å². The topological polar surface area (TPSA) is 43.7 Å². The number of likely N-dealkylation sites (tertiary alicyclic amines) is 1. The number of nitrogens with zero attached hydrogens (tertiary/aromatic N) is 2. The highest BCUT2D eigenvalue weighted by molar-refractivity contribution is 5.86. The van der Waals surface area contributed by atoms with Crippen LogP contribution in [0.25, 0.3) is 10.9 Å². The molecule has 2 aliphatic heterocycles. The second-order valence-corrected chi connectivity index (χ2v) is 8.14. The van der Waals surface area contributed by atoms with Crippen molar-refractivity contribution in [3.05, 3.63) is 65.9 Å². The van der Waals surface area contributed by atoms with E-state index in [2.05, 4.69) is 59.0 Å². The molecule has 1 fully saturated rings. The third kappa shape index (κ3) is 2.47. The number of hydrogen-bond donors (Lipinski definition) is 0. The van der Waals surface area contributed by atoms with Crippen LogP contribution in [0.3, 0.4) is 0 Å². The van der Waals surface area contributed by atoms with E-state index in [0.717, 1.165) is 17.9 Å². The average Bonchev–Trinajstić information content (AvgIpc) is 3.35. The highest BCUT2D eigenvalue weighted by Crippen LogP contribution is 2.60. The van der Waals surface area contributed by atoms with Gasteiger partial charge in [0.05, 0.1) is 19.8 Å². The van der Waals surface area contributed by atoms with E-state index in [0.29, 0.717) is 13.2 Å². The fourth-order valence-electron chi connectivity index (χ4n) is 5.55. The summed E-state index contributed by atoms with van der Waals surface area (Å²) in [6, 6.07) is 18.8. The van der Waals surface area contributed by atoms with Crippen molar-refractivity contribution in [2.45, 2.75) is 25.4 Å². The normalized spacial score (nSPS) is 25.8. The number of aromatic nitrogens is 1. The molecule has 5 nitrogen and oxygen atoms in total. The highest BCUT2D eigenvalue weighted by Gasteiger charge is 2.64. The van der Waals surface area contributed by atoms with Crippen molar-refractivity contribution in [2.24, 2.45) is 5.41 Å². The Morgan fingerprint density at radius 1 is 1.17 bits per heavy atom. The first-order chi connectivity index (χ1) is 14.1. The maximum Gasteiger partial charge on any atom is 0.316 e. The molecule has 2 aromatic carbocycles. The fraction of sp³-hybridized carbons (Fsp3) is 0.375. The van der Waals surface area contributed by atoms with Crippen molar-refractivity contribution in [1.29, 1.82) is 0 Å². The third-order valence-corrected chi connectivity index (χ3v) is 6.74. The summed E-state index contributed by atoms with van der Waals surface area (Å²) in [6.45, 7) is 3.73. The van der Waals surface area contributed by atoms with Crippen LogP contribution >= 0.6 is 0 Å². The molecule has 5 heteroatoms. The lowest BCUT2D eigenvalue weighted by Gasteiger charge is -2.32. The van der Waals surface area contributed by atoms with Crippen LogP contribution in [0.2, 0.25) is 0 Å². The lowest BCUT2D eigenvalue weighted by atomic mass is 9.71. The Hall–Kier alpha value is -2.79. The van der Waals surface area contributed by atoms with Crippen LogP contribution in [0.4, 0.5) is 0 Å². The van der Waals surface area contributed by atoms with Gasteiger partial charge in [-0.15, -0.1) is 0 Å². The molecule has 0 radical (unpaired) electrons. The van der Waals surface area contributed by atoms with Crippen molar-refractivity contribution in [3.63, 3.8) is 0 Å². The Kier molecular flexibility index (Phi) is 4.17. The van der Waals surface area contributed by atoms with Gasteiger partial charge in [0.1, 0.15) is 11.2 Å². The van der Waals surface area contributed by atoms with Gasteiger partial charge in [0, 0.05) is 30.2 Å². The number of para-hydroxylation sites is 1. The number of fused-ring (bicyclic) bond motifs is 5. The van der Waals surface area contributed by atoms with Crippen LogP contribution < -0.4 is 4.74 Å². The number of rotatable bonds is 4. The summed E-state index contributed by atoms with van der Waals surface area (Å²) >= 11 is 0. The molecule has 1 unspecified atom stereocenters. The number of benzene rings is 2. The summed E-state index contributed by atoms with van der Waals surface area (Å²) < 4.78 is 13.3. The van der Waals surface area contributed by atoms with Crippen LogP contribution in [0.5, 0.6) is 5.75 Å². The minimum Gasteiger partial charge on any atom is -0.497 e. The van der Waals surface area contributed by atoms with Crippen LogP contribution in [-0.4, -0.2) is 42.7 Å². The Labute approximate surface area is 170 Å². The van der Waals surface area contributed by atoms with E-state index in [9.17, 15) is 4.79 Å². The number of methoxy groups -OCH3 is 1. The fourth-order valence-corrected chi connectivity index (χ4v) is 5.55. The van der Waals surface area contributed by atoms with E-state index in [1.54, 1.807) is 7.11 Å². The Bertz CT molecular complexity index is 1070. The van der Waals surface area contributed by atoms with E-state index in [1.807, 2.05) is 19.1 Å². The molecule has 0 amide bonds. The molecule has 29 heavy (non-hydrogen) atoms. The Morgan fingerprint density at radius 2 is 1.93 bits per heavy atom. The van der Waals surface area contributed by atoms with Crippen LogP contribution in [0.15, 0.2) is 54.6 Å². The number of esters is 1. The second kappa shape index (κ2) is 6.63. The van der Waals surface area contributed by atoms with Gasteiger partial charge < -0.3 is 14.0 Å². The largest absolute Gasteiger partial charge is 0.497 e. The maximum atomic E-state index is 13.5. The van der Waals surface area contributed by atoms with E-state index < -0.39 is 5.41 Å². The van der Waals surface area contributed by atoms with Gasteiger partial charge in [-0.25, -0.2) is 0 Å². The maximum absolute atomic E-state index is 13.5. The SMILES string of the molecule is CCOC(=O)C12Cn3c(cc4ccccc43)[C@@H]1N(C)C[C@@H]2c1ccc(OC)cc1. The molecular weight excluding hydrogens is 364 g/mol. The molecule has 5 rings (SSSR count). The van der Waals surface area contributed by atoms with Gasteiger partial charge in [-0.1, -0.05) is 30.3 Å². The predicted octanol–water partition coefficient (Wildman–Crippen LogP) is 3.98. The predicted molar refractivity (Wildman–Crippen MR) is 112 cm³/mol. The molecule has 0 N–H and O–H groups in total. The molecule has 3 heterocycles. The molecule has 0 saturated carbocycles. The smallest absolute Gasteiger partial charge is 0.316 e. The molecular formula is C24H26N2O3. The molecule has 150 valence electrons. The molecule has 0 aliphatic carbocycles. The lowest BCUT2D eigenvalue weighted by molar-refractivity contribution is -0.157. The van der Waals surface area contributed by atoms with Gasteiger partial charge in [0.15, 0.2) is 0 Å². The number of hydrogen-bond acceptors (Lipinski definition) is 4.